The van der Waals surface area contributed by atoms with Gasteiger partial charge in [0.25, 0.3) is 5.66 Å². The summed E-state index contributed by atoms with van der Waals surface area (Å²) in [5, 5.41) is 3.24. The highest BCUT2D eigenvalue weighted by atomic mass is 31.0. The van der Waals surface area contributed by atoms with E-state index in [-0.39, 0.29) is 11.5 Å². The van der Waals surface area contributed by atoms with E-state index in [1.165, 1.54) is 27.6 Å². The summed E-state index contributed by atoms with van der Waals surface area (Å²) in [4.78, 5) is 15.3. The second-order valence-corrected chi connectivity index (χ2v) is 6.30. The number of aromatic nitrogens is 2. The summed E-state index contributed by atoms with van der Waals surface area (Å²) in [6, 6.07) is 2.17. The van der Waals surface area contributed by atoms with Gasteiger partial charge in [-0.3, -0.25) is 0 Å². The number of alkyl halides is 2. The van der Waals surface area contributed by atoms with Crippen molar-refractivity contribution in [2.75, 3.05) is 0 Å². The van der Waals surface area contributed by atoms with Crippen LogP contribution in [0.25, 0.3) is 5.52 Å². The molecule has 0 radical (unpaired) electrons. The lowest BCUT2D eigenvalue weighted by Crippen LogP contribution is -2.13. The van der Waals surface area contributed by atoms with E-state index < -0.39 is 11.7 Å². The third-order valence-corrected chi connectivity index (χ3v) is 4.53. The minimum Gasteiger partial charge on any atom is -0.301 e. The first-order chi connectivity index (χ1) is 10.0. The first kappa shape index (κ1) is 14.5. The summed E-state index contributed by atoms with van der Waals surface area (Å²) >= 11 is 0. The second kappa shape index (κ2) is 5.41. The Kier molecular flexibility index (Phi) is 3.74. The van der Waals surface area contributed by atoms with Crippen LogP contribution >= 0.6 is 9.24 Å². The largest absolute Gasteiger partial charge is 0.301 e. The van der Waals surface area contributed by atoms with Crippen molar-refractivity contribution in [1.29, 1.82) is 0 Å². The Bertz CT molecular complexity index is 662. The van der Waals surface area contributed by atoms with Crippen LogP contribution in [0.2, 0.25) is 0 Å². The third-order valence-electron chi connectivity index (χ3n) is 4.20. The van der Waals surface area contributed by atoms with Crippen LogP contribution in [0.5, 0.6) is 0 Å². The topological polar surface area (TPSA) is 46.7 Å². The van der Waals surface area contributed by atoms with Crippen molar-refractivity contribution < 1.29 is 8.78 Å². The normalized spacial score (nSPS) is 18.2. The summed E-state index contributed by atoms with van der Waals surface area (Å²) in [5.41, 5.74) is -2.12. The van der Waals surface area contributed by atoms with Gasteiger partial charge in [0.15, 0.2) is 0 Å². The average Bonchev–Trinajstić information content (AvgIpc) is 3.08. The van der Waals surface area contributed by atoms with Crippen molar-refractivity contribution in [2.24, 2.45) is 11.1 Å². The van der Waals surface area contributed by atoms with E-state index in [4.69, 9.17) is 0 Å². The summed E-state index contributed by atoms with van der Waals surface area (Å²) in [5.74, 6) is 0.126. The molecule has 0 saturated heterocycles. The maximum atomic E-state index is 13.6. The average molecular weight is 311 g/mol. The molecule has 3 rings (SSSR count). The van der Waals surface area contributed by atoms with Crippen LogP contribution in [0.15, 0.2) is 29.8 Å². The zero-order valence-corrected chi connectivity index (χ0v) is 12.5. The lowest BCUT2D eigenvalue weighted by atomic mass is 9.94. The van der Waals surface area contributed by atoms with Crippen LogP contribution in [-0.2, 0) is 5.66 Å². The van der Waals surface area contributed by atoms with E-state index in [9.17, 15) is 13.7 Å². The molecule has 4 nitrogen and oxygen atoms in total. The molecular weight excluding hydrogens is 295 g/mol. The zero-order chi connectivity index (χ0) is 15.0. The maximum Gasteiger partial charge on any atom is 0.284 e. The van der Waals surface area contributed by atoms with E-state index >= 15 is 0 Å². The highest BCUT2D eigenvalue weighted by molar-refractivity contribution is 7.17. The van der Waals surface area contributed by atoms with Gasteiger partial charge in [-0.05, 0) is 30.9 Å². The second-order valence-electron chi connectivity index (χ2n) is 5.58. The highest BCUT2D eigenvalue weighted by Crippen LogP contribution is 2.41. The Morgan fingerprint density at radius 2 is 2.10 bits per heavy atom. The van der Waals surface area contributed by atoms with Gasteiger partial charge in [-0.2, -0.15) is 13.7 Å². The Morgan fingerprint density at radius 1 is 1.38 bits per heavy atom. The molecule has 2 aromatic heterocycles. The van der Waals surface area contributed by atoms with Crippen LogP contribution in [-0.4, -0.2) is 9.38 Å². The predicted molar refractivity (Wildman–Crippen MR) is 79.3 cm³/mol. The minimum absolute atomic E-state index is 0.126. The van der Waals surface area contributed by atoms with Gasteiger partial charge >= 0.3 is 0 Å². The molecule has 21 heavy (non-hydrogen) atoms. The Balaban J connectivity index is 2.14. The molecule has 1 fully saturated rings. The zero-order valence-electron chi connectivity index (χ0n) is 11.4. The third kappa shape index (κ3) is 2.69. The van der Waals surface area contributed by atoms with Crippen molar-refractivity contribution in [3.05, 3.63) is 40.8 Å². The molecular formula is C14H16F2N3OP. The number of pyridine rings is 1. The van der Waals surface area contributed by atoms with Crippen molar-refractivity contribution in [1.82, 2.24) is 9.38 Å². The van der Waals surface area contributed by atoms with Crippen LogP contribution < -0.4 is 0 Å². The Labute approximate surface area is 123 Å². The lowest BCUT2D eigenvalue weighted by molar-refractivity contribution is 0.104. The predicted octanol–water partition coefficient (Wildman–Crippen LogP) is 4.26. The van der Waals surface area contributed by atoms with E-state index in [0.717, 1.165) is 25.7 Å². The number of rotatable bonds is 4. The quantitative estimate of drug-likeness (QED) is 0.626. The number of imidazole rings is 1. The molecule has 2 atom stereocenters. The number of hydrogen-bond acceptors (Lipinski definition) is 3. The van der Waals surface area contributed by atoms with Crippen molar-refractivity contribution in [3.8, 4) is 0 Å². The van der Waals surface area contributed by atoms with Gasteiger partial charge in [-0.1, -0.05) is 27.3 Å². The molecule has 2 heterocycles. The minimum atomic E-state index is -3.04. The van der Waals surface area contributed by atoms with Crippen LogP contribution in [0.3, 0.4) is 0 Å². The molecule has 0 spiro atoms. The first-order valence-corrected chi connectivity index (χ1v) is 7.54. The molecule has 7 heteroatoms. The van der Waals surface area contributed by atoms with Gasteiger partial charge in [-0.15, -0.1) is 0 Å². The number of nitrogens with zero attached hydrogens (tertiary/aromatic N) is 3. The van der Waals surface area contributed by atoms with Gasteiger partial charge < -0.3 is 4.40 Å². The monoisotopic (exact) mass is 311 g/mol. The smallest absolute Gasteiger partial charge is 0.284 e. The number of hydrogen-bond donors (Lipinski definition) is 0. The van der Waals surface area contributed by atoms with Gasteiger partial charge in [-0.25, -0.2) is 4.98 Å². The number of halogens is 2. The van der Waals surface area contributed by atoms with Crippen molar-refractivity contribution >= 4 is 14.8 Å². The molecule has 0 aromatic carbocycles. The standard InChI is InChI=1S/C14H16F2N3OP/c15-14(16,21)10-5-11-7-17-8-19(11)12(6-10)13(18-20)9-3-1-2-4-9/h5-9,13H,1-4,21H2/t13-/m1/s1. The molecule has 0 aliphatic heterocycles. The Hall–Kier alpha value is -1.42. The molecule has 1 aliphatic carbocycles. The lowest BCUT2D eigenvalue weighted by Gasteiger charge is -2.20. The summed E-state index contributed by atoms with van der Waals surface area (Å²) < 4.78 is 29.0. The van der Waals surface area contributed by atoms with Crippen LogP contribution in [0, 0.1) is 10.8 Å². The molecule has 1 saturated carbocycles. The molecule has 0 amide bonds. The number of nitroso groups, excluding NO2 is 1. The van der Waals surface area contributed by atoms with Crippen LogP contribution in [0.4, 0.5) is 8.78 Å². The molecule has 0 bridgehead atoms. The fourth-order valence-electron chi connectivity index (χ4n) is 3.13. The molecule has 1 unspecified atom stereocenters. The molecule has 2 aromatic rings. The highest BCUT2D eigenvalue weighted by Gasteiger charge is 2.32. The summed E-state index contributed by atoms with van der Waals surface area (Å²) in [6.07, 6.45) is 7.00. The van der Waals surface area contributed by atoms with Gasteiger partial charge in [0.2, 0.25) is 0 Å². The fraction of sp³-hybridized carbons (Fsp3) is 0.500. The van der Waals surface area contributed by atoms with Crippen molar-refractivity contribution in [3.63, 3.8) is 0 Å². The van der Waals surface area contributed by atoms with Gasteiger partial charge in [0.1, 0.15) is 6.04 Å². The number of fused-ring (bicyclic) bond motifs is 1. The molecule has 1 aliphatic rings. The summed E-state index contributed by atoms with van der Waals surface area (Å²) in [7, 11) is 1.53. The molecule has 112 valence electrons. The van der Waals surface area contributed by atoms with E-state index in [0.29, 0.717) is 11.2 Å². The Morgan fingerprint density at radius 3 is 2.71 bits per heavy atom. The molecule has 0 N–H and O–H groups in total. The van der Waals surface area contributed by atoms with E-state index in [1.54, 1.807) is 10.7 Å². The van der Waals surface area contributed by atoms with Gasteiger partial charge in [0.05, 0.1) is 23.7 Å². The fourth-order valence-corrected chi connectivity index (χ4v) is 3.30. The van der Waals surface area contributed by atoms with E-state index in [2.05, 4.69) is 10.2 Å². The van der Waals surface area contributed by atoms with Gasteiger partial charge in [0, 0.05) is 5.56 Å². The first-order valence-electron chi connectivity index (χ1n) is 6.96. The maximum absolute atomic E-state index is 13.6. The van der Waals surface area contributed by atoms with E-state index in [1.807, 2.05) is 0 Å². The van der Waals surface area contributed by atoms with Crippen molar-refractivity contribution in [2.45, 2.75) is 37.4 Å². The summed E-state index contributed by atoms with van der Waals surface area (Å²) in [6.45, 7) is 0. The van der Waals surface area contributed by atoms with Crippen LogP contribution in [0.1, 0.15) is 43.0 Å². The SMILES string of the molecule is O=N[C@@H](c1cc(C(F)(F)P)cc2cncn12)C1CCCC1.